The largest absolute Gasteiger partial charge is 0.493 e. The molecule has 1 aliphatic heterocycles. The van der Waals surface area contributed by atoms with Gasteiger partial charge in [0.25, 0.3) is 5.95 Å². The molecule has 2 aromatic heterocycles. The number of hydrogen-bond donors (Lipinski definition) is 3. The lowest BCUT2D eigenvalue weighted by Crippen LogP contribution is -2.18. The van der Waals surface area contributed by atoms with Gasteiger partial charge >= 0.3 is 5.69 Å². The molecule has 0 amide bonds. The zero-order chi connectivity index (χ0) is 25.9. The van der Waals surface area contributed by atoms with E-state index in [0.717, 1.165) is 10.2 Å². The minimum atomic E-state index is -0.758. The topological polar surface area (TPSA) is 154 Å². The minimum absolute atomic E-state index is 0.0445. The van der Waals surface area contributed by atoms with Gasteiger partial charge in [-0.25, -0.2) is 19.2 Å². The van der Waals surface area contributed by atoms with Crippen LogP contribution in [0.4, 0.5) is 4.39 Å². The Kier molecular flexibility index (Phi) is 6.54. The lowest BCUT2D eigenvalue weighted by molar-refractivity contribution is 0.288. The van der Waals surface area contributed by atoms with Gasteiger partial charge in [-0.3, -0.25) is 10.4 Å². The number of fused-ring (bicyclic) bond motifs is 1. The van der Waals surface area contributed by atoms with E-state index < -0.39 is 17.4 Å². The Morgan fingerprint density at radius 3 is 2.59 bits per heavy atom. The second kappa shape index (κ2) is 10.1. The van der Waals surface area contributed by atoms with Gasteiger partial charge in [0.15, 0.2) is 11.6 Å². The Morgan fingerprint density at radius 2 is 1.92 bits per heavy atom. The molecule has 0 spiro atoms. The molecule has 5 rings (SSSR count). The summed E-state index contributed by atoms with van der Waals surface area (Å²) in [5.41, 5.74) is 6.57. The van der Waals surface area contributed by atoms with Crippen LogP contribution in [0, 0.1) is 11.2 Å². The number of methoxy groups -OCH3 is 1. The number of aromatic nitrogens is 5. The van der Waals surface area contributed by atoms with Crippen LogP contribution in [-0.2, 0) is 6.42 Å². The maximum absolute atomic E-state index is 16.0. The summed E-state index contributed by atoms with van der Waals surface area (Å²) in [4.78, 5) is 23.7. The Balaban J connectivity index is 1.65. The van der Waals surface area contributed by atoms with Gasteiger partial charge in [-0.15, -0.1) is 9.78 Å². The Bertz CT molecular complexity index is 1490. The SMILES string of the molecule is COc1cc(C(Cc2ccc(C(=N)N)cc2)c2nn(-c3ncccn3)c(=O)[nH]2)c(F)c2c1OCCCO2. The third-order valence-corrected chi connectivity index (χ3v) is 5.96. The third-order valence-electron chi connectivity index (χ3n) is 5.96. The van der Waals surface area contributed by atoms with Gasteiger partial charge in [-0.2, -0.15) is 0 Å². The van der Waals surface area contributed by atoms with E-state index >= 15 is 4.39 Å². The highest BCUT2D eigenvalue weighted by atomic mass is 19.1. The first-order valence-corrected chi connectivity index (χ1v) is 11.5. The predicted octanol–water partition coefficient (Wildman–Crippen LogP) is 2.32. The smallest absolute Gasteiger partial charge is 0.350 e. The summed E-state index contributed by atoms with van der Waals surface area (Å²) in [7, 11) is 1.46. The van der Waals surface area contributed by atoms with Crippen molar-refractivity contribution in [3.05, 3.63) is 87.6 Å². The number of nitrogens with two attached hydrogens (primary N) is 1. The zero-order valence-electron chi connectivity index (χ0n) is 19.9. The number of aromatic amines is 1. The molecule has 2 aromatic carbocycles. The minimum Gasteiger partial charge on any atom is -0.493 e. The maximum atomic E-state index is 16.0. The molecular formula is C25H24FN7O4. The lowest BCUT2D eigenvalue weighted by atomic mass is 9.90. The van der Waals surface area contributed by atoms with E-state index in [4.69, 9.17) is 25.4 Å². The molecule has 0 fully saturated rings. The second-order valence-electron chi connectivity index (χ2n) is 8.33. The Morgan fingerprint density at radius 1 is 1.22 bits per heavy atom. The van der Waals surface area contributed by atoms with Crippen LogP contribution < -0.4 is 25.6 Å². The second-order valence-corrected chi connectivity index (χ2v) is 8.33. The zero-order valence-corrected chi connectivity index (χ0v) is 19.9. The van der Waals surface area contributed by atoms with E-state index in [2.05, 4.69) is 20.1 Å². The molecule has 4 N–H and O–H groups in total. The van der Waals surface area contributed by atoms with Crippen LogP contribution in [0.3, 0.4) is 0 Å². The van der Waals surface area contributed by atoms with Crippen LogP contribution >= 0.6 is 0 Å². The average molecular weight is 506 g/mol. The summed E-state index contributed by atoms with van der Waals surface area (Å²) in [5.74, 6) is -0.716. The highest BCUT2D eigenvalue weighted by molar-refractivity contribution is 5.94. The van der Waals surface area contributed by atoms with Crippen molar-refractivity contribution < 1.29 is 18.6 Å². The first kappa shape index (κ1) is 24.0. The summed E-state index contributed by atoms with van der Waals surface area (Å²) < 4.78 is 34.0. The molecule has 0 bridgehead atoms. The molecule has 190 valence electrons. The molecule has 0 saturated carbocycles. The number of nitrogen functional groups attached to an aromatic ring is 1. The highest BCUT2D eigenvalue weighted by Gasteiger charge is 2.31. The Hall–Kier alpha value is -4.74. The van der Waals surface area contributed by atoms with Crippen LogP contribution in [0.5, 0.6) is 17.2 Å². The van der Waals surface area contributed by atoms with E-state index in [1.165, 1.54) is 25.6 Å². The van der Waals surface area contributed by atoms with E-state index in [0.29, 0.717) is 24.3 Å². The van der Waals surface area contributed by atoms with Crippen molar-refractivity contribution >= 4 is 5.84 Å². The van der Waals surface area contributed by atoms with E-state index in [9.17, 15) is 4.79 Å². The average Bonchev–Trinajstić information content (AvgIpc) is 3.13. The first-order chi connectivity index (χ1) is 18.0. The van der Waals surface area contributed by atoms with Crippen molar-refractivity contribution in [1.29, 1.82) is 5.41 Å². The third kappa shape index (κ3) is 4.73. The number of hydrogen-bond acceptors (Lipinski definition) is 8. The molecule has 11 nitrogen and oxygen atoms in total. The summed E-state index contributed by atoms with van der Waals surface area (Å²) in [6.45, 7) is 0.646. The summed E-state index contributed by atoms with van der Waals surface area (Å²) in [6, 6.07) is 10.1. The number of nitrogens with one attached hydrogen (secondary N) is 2. The summed E-state index contributed by atoms with van der Waals surface area (Å²) in [6.07, 6.45) is 3.82. The van der Waals surface area contributed by atoms with Gasteiger partial charge in [0.05, 0.1) is 26.2 Å². The number of nitrogens with zero attached hydrogens (tertiary/aromatic N) is 4. The molecule has 1 unspecified atom stereocenters. The van der Waals surface area contributed by atoms with Crippen molar-refractivity contribution in [2.75, 3.05) is 20.3 Å². The number of rotatable bonds is 7. The number of amidine groups is 1. The van der Waals surface area contributed by atoms with E-state index in [1.54, 1.807) is 30.3 Å². The van der Waals surface area contributed by atoms with Crippen molar-refractivity contribution in [1.82, 2.24) is 24.7 Å². The van der Waals surface area contributed by atoms with Crippen molar-refractivity contribution in [3.8, 4) is 23.2 Å². The van der Waals surface area contributed by atoms with Gasteiger partial charge in [-0.1, -0.05) is 24.3 Å². The van der Waals surface area contributed by atoms with Crippen LogP contribution in [0.25, 0.3) is 5.95 Å². The van der Waals surface area contributed by atoms with Crippen molar-refractivity contribution in [2.24, 2.45) is 5.73 Å². The maximum Gasteiger partial charge on any atom is 0.350 e. The van der Waals surface area contributed by atoms with Gasteiger partial charge in [-0.05, 0) is 24.1 Å². The normalized spacial score (nSPS) is 13.6. The molecule has 12 heteroatoms. The lowest BCUT2D eigenvalue weighted by Gasteiger charge is -2.20. The van der Waals surface area contributed by atoms with Crippen LogP contribution in [0.1, 0.15) is 34.9 Å². The Labute approximate surface area is 210 Å². The van der Waals surface area contributed by atoms with E-state index in [-0.39, 0.29) is 47.7 Å². The van der Waals surface area contributed by atoms with E-state index in [1.807, 2.05) is 0 Å². The summed E-state index contributed by atoms with van der Waals surface area (Å²) in [5, 5.41) is 12.0. The number of H-pyrrole nitrogens is 1. The number of ether oxygens (including phenoxy) is 3. The quantitative estimate of drug-likeness (QED) is 0.255. The molecule has 0 saturated heterocycles. The van der Waals surface area contributed by atoms with Gasteiger partial charge in [0.2, 0.25) is 11.5 Å². The molecule has 1 atom stereocenters. The molecular weight excluding hydrogens is 481 g/mol. The summed E-state index contributed by atoms with van der Waals surface area (Å²) >= 11 is 0. The monoisotopic (exact) mass is 505 g/mol. The van der Waals surface area contributed by atoms with Gasteiger partial charge < -0.3 is 19.9 Å². The molecule has 1 aliphatic rings. The fourth-order valence-corrected chi connectivity index (χ4v) is 4.13. The molecule has 3 heterocycles. The van der Waals surface area contributed by atoms with Crippen molar-refractivity contribution in [2.45, 2.75) is 18.8 Å². The first-order valence-electron chi connectivity index (χ1n) is 11.5. The predicted molar refractivity (Wildman–Crippen MR) is 131 cm³/mol. The van der Waals surface area contributed by atoms with Gasteiger partial charge in [0.1, 0.15) is 11.7 Å². The molecule has 37 heavy (non-hydrogen) atoms. The fourth-order valence-electron chi connectivity index (χ4n) is 4.13. The highest BCUT2D eigenvalue weighted by Crippen LogP contribution is 2.45. The van der Waals surface area contributed by atoms with Gasteiger partial charge in [0, 0.05) is 29.9 Å². The standard InChI is InChI=1S/C25H24FN7O4/c1-35-18-13-16(19(26)21-20(18)36-10-3-11-37-21)17(12-14-4-6-15(7-5-14)22(27)28)23-31-25(34)33(32-23)24-29-8-2-9-30-24/h2,4-9,13,17H,3,10-12H2,1H3,(H3,27,28)(H,31,32,34). The molecule has 4 aromatic rings. The van der Waals surface area contributed by atoms with Crippen LogP contribution in [0.2, 0.25) is 0 Å². The van der Waals surface area contributed by atoms with Crippen molar-refractivity contribution in [3.63, 3.8) is 0 Å². The number of benzene rings is 2. The van der Waals surface area contributed by atoms with Crippen LogP contribution in [0.15, 0.2) is 53.6 Å². The molecule has 0 aliphatic carbocycles. The molecule has 0 radical (unpaired) electrons. The van der Waals surface area contributed by atoms with Crippen LogP contribution in [-0.4, -0.2) is 50.9 Å². The fraction of sp³-hybridized carbons (Fsp3) is 0.240. The number of halogens is 1.